The molecule has 1 aromatic carbocycles. The zero-order chi connectivity index (χ0) is 11.4. The summed E-state index contributed by atoms with van der Waals surface area (Å²) < 4.78 is 4.75. The predicted octanol–water partition coefficient (Wildman–Crippen LogP) is 0.638. The molecule has 1 fully saturated rings. The van der Waals surface area contributed by atoms with Crippen molar-refractivity contribution in [2.45, 2.75) is 6.04 Å². The number of benzene rings is 1. The van der Waals surface area contributed by atoms with Crippen molar-refractivity contribution in [3.63, 3.8) is 0 Å². The Hall–Kier alpha value is -1.55. The molecule has 2 rings (SSSR count). The van der Waals surface area contributed by atoms with Gasteiger partial charge >= 0.3 is 5.97 Å². The molecule has 1 saturated heterocycles. The van der Waals surface area contributed by atoms with E-state index in [1.165, 1.54) is 7.11 Å². The number of carbonyl (C=O) groups is 1. The van der Waals surface area contributed by atoms with Gasteiger partial charge in [-0.25, -0.2) is 0 Å². The Bertz CT molecular complexity index is 353. The summed E-state index contributed by atoms with van der Waals surface area (Å²) >= 11 is 0. The van der Waals surface area contributed by atoms with Gasteiger partial charge in [-0.3, -0.25) is 4.79 Å². The molecule has 86 valence electrons. The third-order valence-electron chi connectivity index (χ3n) is 2.78. The Kier molecular flexibility index (Phi) is 3.41. The number of nitrogens with zero attached hydrogens (tertiary/aromatic N) is 1. The van der Waals surface area contributed by atoms with Crippen molar-refractivity contribution in [3.05, 3.63) is 30.3 Å². The van der Waals surface area contributed by atoms with Crippen LogP contribution in [-0.4, -0.2) is 38.8 Å². The minimum atomic E-state index is -0.223. The van der Waals surface area contributed by atoms with Crippen LogP contribution in [0.1, 0.15) is 0 Å². The van der Waals surface area contributed by atoms with Crippen LogP contribution >= 0.6 is 0 Å². The number of rotatable bonds is 2. The number of nitrogens with one attached hydrogen (secondary N) is 1. The molecule has 0 unspecified atom stereocenters. The zero-order valence-corrected chi connectivity index (χ0v) is 9.35. The van der Waals surface area contributed by atoms with Crippen LogP contribution < -0.4 is 10.2 Å². The molecule has 0 amide bonds. The van der Waals surface area contributed by atoms with Gasteiger partial charge in [-0.2, -0.15) is 0 Å². The Labute approximate surface area is 95.2 Å². The lowest BCUT2D eigenvalue weighted by molar-refractivity contribution is -0.143. The maximum Gasteiger partial charge on any atom is 0.324 e. The SMILES string of the molecule is COC(=O)[C@@H]1CN(c2ccccc2)CCN1. The molecule has 4 heteroatoms. The van der Waals surface area contributed by atoms with Crippen molar-refractivity contribution in [1.82, 2.24) is 5.32 Å². The van der Waals surface area contributed by atoms with Crippen molar-refractivity contribution in [3.8, 4) is 0 Å². The van der Waals surface area contributed by atoms with E-state index in [-0.39, 0.29) is 12.0 Å². The third kappa shape index (κ3) is 2.33. The zero-order valence-electron chi connectivity index (χ0n) is 9.35. The van der Waals surface area contributed by atoms with Gasteiger partial charge in [0.25, 0.3) is 0 Å². The van der Waals surface area contributed by atoms with Gasteiger partial charge in [0, 0.05) is 25.3 Å². The van der Waals surface area contributed by atoms with E-state index in [1.54, 1.807) is 0 Å². The maximum absolute atomic E-state index is 11.4. The fourth-order valence-electron chi connectivity index (χ4n) is 1.92. The van der Waals surface area contributed by atoms with Gasteiger partial charge in [0.1, 0.15) is 6.04 Å². The first-order valence-electron chi connectivity index (χ1n) is 5.42. The smallest absolute Gasteiger partial charge is 0.324 e. The van der Waals surface area contributed by atoms with Crippen molar-refractivity contribution in [2.75, 3.05) is 31.6 Å². The lowest BCUT2D eigenvalue weighted by atomic mass is 10.2. The number of piperazine rings is 1. The van der Waals surface area contributed by atoms with Crippen LogP contribution in [0.15, 0.2) is 30.3 Å². The molecule has 0 radical (unpaired) electrons. The normalized spacial score (nSPS) is 20.6. The summed E-state index contributed by atoms with van der Waals surface area (Å²) in [4.78, 5) is 13.6. The first kappa shape index (κ1) is 11.0. The molecule has 0 saturated carbocycles. The number of hydrogen-bond donors (Lipinski definition) is 1. The van der Waals surface area contributed by atoms with E-state index in [2.05, 4.69) is 22.3 Å². The Morgan fingerprint density at radius 3 is 2.88 bits per heavy atom. The average Bonchev–Trinajstić information content (AvgIpc) is 2.39. The third-order valence-corrected chi connectivity index (χ3v) is 2.78. The van der Waals surface area contributed by atoms with Crippen LogP contribution in [0.3, 0.4) is 0 Å². The molecule has 4 nitrogen and oxygen atoms in total. The number of anilines is 1. The number of hydrogen-bond acceptors (Lipinski definition) is 4. The fourth-order valence-corrected chi connectivity index (χ4v) is 1.92. The highest BCUT2D eigenvalue weighted by molar-refractivity contribution is 5.77. The highest BCUT2D eigenvalue weighted by Gasteiger charge is 2.25. The van der Waals surface area contributed by atoms with Crippen LogP contribution in [0.5, 0.6) is 0 Å². The van der Waals surface area contributed by atoms with Crippen LogP contribution in [0, 0.1) is 0 Å². The molecule has 0 aromatic heterocycles. The molecule has 1 aliphatic heterocycles. The predicted molar refractivity (Wildman–Crippen MR) is 62.5 cm³/mol. The summed E-state index contributed by atoms with van der Waals surface area (Å²) in [6.07, 6.45) is 0. The van der Waals surface area contributed by atoms with Crippen molar-refractivity contribution in [1.29, 1.82) is 0 Å². The molecule has 16 heavy (non-hydrogen) atoms. The summed E-state index contributed by atoms with van der Waals surface area (Å²) in [5, 5.41) is 3.15. The lowest BCUT2D eigenvalue weighted by Crippen LogP contribution is -2.54. The number of ether oxygens (including phenoxy) is 1. The molecule has 0 bridgehead atoms. The van der Waals surface area contributed by atoms with Crippen LogP contribution in [0.2, 0.25) is 0 Å². The molecular weight excluding hydrogens is 204 g/mol. The van der Waals surface area contributed by atoms with Crippen LogP contribution in [0.25, 0.3) is 0 Å². The fraction of sp³-hybridized carbons (Fsp3) is 0.417. The number of carbonyl (C=O) groups excluding carboxylic acids is 1. The highest BCUT2D eigenvalue weighted by atomic mass is 16.5. The minimum Gasteiger partial charge on any atom is -0.468 e. The largest absolute Gasteiger partial charge is 0.468 e. The summed E-state index contributed by atoms with van der Waals surface area (Å²) in [5.41, 5.74) is 1.15. The standard InChI is InChI=1S/C12H16N2O2/c1-16-12(15)11-9-14(8-7-13-11)10-5-3-2-4-6-10/h2-6,11,13H,7-9H2,1H3/t11-/m0/s1. The van der Waals surface area contributed by atoms with E-state index in [0.717, 1.165) is 18.8 Å². The minimum absolute atomic E-state index is 0.194. The molecule has 0 aliphatic carbocycles. The molecule has 1 aromatic rings. The molecule has 1 atom stereocenters. The summed E-state index contributed by atoms with van der Waals surface area (Å²) in [5.74, 6) is -0.194. The van der Waals surface area contributed by atoms with Crippen LogP contribution in [-0.2, 0) is 9.53 Å². The number of methoxy groups -OCH3 is 1. The summed E-state index contributed by atoms with van der Waals surface area (Å²) in [6.45, 7) is 2.38. The first-order chi connectivity index (χ1) is 7.81. The van der Waals surface area contributed by atoms with Gasteiger partial charge < -0.3 is 15.0 Å². The van der Waals surface area contributed by atoms with E-state index in [4.69, 9.17) is 4.74 Å². The second-order valence-corrected chi connectivity index (χ2v) is 3.81. The summed E-state index contributed by atoms with van der Waals surface area (Å²) in [6, 6.07) is 9.89. The second kappa shape index (κ2) is 4.99. The molecular formula is C12H16N2O2. The van der Waals surface area contributed by atoms with Crippen molar-refractivity contribution < 1.29 is 9.53 Å². The van der Waals surface area contributed by atoms with E-state index < -0.39 is 0 Å². The van der Waals surface area contributed by atoms with Gasteiger partial charge in [-0.1, -0.05) is 18.2 Å². The monoisotopic (exact) mass is 220 g/mol. The Morgan fingerprint density at radius 1 is 1.44 bits per heavy atom. The topological polar surface area (TPSA) is 41.6 Å². The highest BCUT2D eigenvalue weighted by Crippen LogP contribution is 2.15. The molecule has 1 aliphatic rings. The van der Waals surface area contributed by atoms with Crippen molar-refractivity contribution in [2.24, 2.45) is 0 Å². The van der Waals surface area contributed by atoms with Gasteiger partial charge in [0.05, 0.1) is 7.11 Å². The Morgan fingerprint density at radius 2 is 2.19 bits per heavy atom. The quantitative estimate of drug-likeness (QED) is 0.743. The average molecular weight is 220 g/mol. The maximum atomic E-state index is 11.4. The van der Waals surface area contributed by atoms with Crippen molar-refractivity contribution >= 4 is 11.7 Å². The van der Waals surface area contributed by atoms with E-state index >= 15 is 0 Å². The van der Waals surface area contributed by atoms with E-state index in [1.807, 2.05) is 18.2 Å². The Balaban J connectivity index is 2.05. The number of para-hydroxylation sites is 1. The van der Waals surface area contributed by atoms with E-state index in [0.29, 0.717) is 6.54 Å². The molecule has 1 N–H and O–H groups in total. The van der Waals surface area contributed by atoms with Gasteiger partial charge in [-0.15, -0.1) is 0 Å². The molecule has 0 spiro atoms. The lowest BCUT2D eigenvalue weighted by Gasteiger charge is -2.33. The summed E-state index contributed by atoms with van der Waals surface area (Å²) in [7, 11) is 1.42. The molecule has 1 heterocycles. The van der Waals surface area contributed by atoms with Crippen LogP contribution in [0.4, 0.5) is 5.69 Å². The van der Waals surface area contributed by atoms with E-state index in [9.17, 15) is 4.79 Å². The number of esters is 1. The van der Waals surface area contributed by atoms with Gasteiger partial charge in [-0.05, 0) is 12.1 Å². The van der Waals surface area contributed by atoms with Gasteiger partial charge in [0.15, 0.2) is 0 Å². The first-order valence-corrected chi connectivity index (χ1v) is 5.42. The second-order valence-electron chi connectivity index (χ2n) is 3.81. The van der Waals surface area contributed by atoms with Gasteiger partial charge in [0.2, 0.25) is 0 Å².